The lowest BCUT2D eigenvalue weighted by Gasteiger charge is -2.35. The second-order valence-electron chi connectivity index (χ2n) is 4.36. The van der Waals surface area contributed by atoms with Gasteiger partial charge in [0.2, 0.25) is 5.91 Å². The highest BCUT2D eigenvalue weighted by Crippen LogP contribution is 2.34. The first-order chi connectivity index (χ1) is 9.00. The number of anilines is 1. The van der Waals surface area contributed by atoms with Crippen LogP contribution in [0.5, 0.6) is 0 Å². The molecule has 0 aromatic heterocycles. The number of benzene rings is 1. The molecule has 0 unspecified atom stereocenters. The van der Waals surface area contributed by atoms with Crippen LogP contribution in [0.4, 0.5) is 11.4 Å². The van der Waals surface area contributed by atoms with Crippen molar-refractivity contribution in [2.75, 3.05) is 31.1 Å². The molecule has 0 radical (unpaired) electrons. The number of amides is 1. The summed E-state index contributed by atoms with van der Waals surface area (Å²) >= 11 is 6.07. The quantitative estimate of drug-likeness (QED) is 0.614. The number of carbonyl (C=O) groups excluding carboxylic acids is 1. The Hall–Kier alpha value is -1.82. The van der Waals surface area contributed by atoms with Gasteiger partial charge in [0.25, 0.3) is 5.69 Å². The van der Waals surface area contributed by atoms with Gasteiger partial charge < -0.3 is 9.80 Å². The van der Waals surface area contributed by atoms with E-state index >= 15 is 0 Å². The summed E-state index contributed by atoms with van der Waals surface area (Å²) in [6.45, 7) is 4.00. The van der Waals surface area contributed by atoms with Gasteiger partial charge in [0.1, 0.15) is 5.02 Å². The average molecular weight is 284 g/mol. The van der Waals surface area contributed by atoms with Crippen LogP contribution in [0.15, 0.2) is 18.2 Å². The van der Waals surface area contributed by atoms with Crippen LogP contribution in [-0.2, 0) is 4.79 Å². The summed E-state index contributed by atoms with van der Waals surface area (Å²) < 4.78 is 0. The van der Waals surface area contributed by atoms with Crippen molar-refractivity contribution >= 4 is 28.9 Å². The second-order valence-corrected chi connectivity index (χ2v) is 4.74. The minimum absolute atomic E-state index is 0.0461. The maximum Gasteiger partial charge on any atom is 0.290 e. The Morgan fingerprint density at radius 2 is 1.95 bits per heavy atom. The van der Waals surface area contributed by atoms with Gasteiger partial charge in [-0.1, -0.05) is 17.7 Å². The van der Waals surface area contributed by atoms with Crippen LogP contribution in [0.3, 0.4) is 0 Å². The molecule has 0 atom stereocenters. The third-order valence-corrected chi connectivity index (χ3v) is 3.61. The Bertz CT molecular complexity index is 513. The van der Waals surface area contributed by atoms with Crippen molar-refractivity contribution in [3.63, 3.8) is 0 Å². The van der Waals surface area contributed by atoms with Crippen LogP contribution in [-0.4, -0.2) is 41.9 Å². The first-order valence-corrected chi connectivity index (χ1v) is 6.32. The Morgan fingerprint density at radius 1 is 1.32 bits per heavy atom. The summed E-state index contributed by atoms with van der Waals surface area (Å²) in [7, 11) is 0. The highest BCUT2D eigenvalue weighted by molar-refractivity contribution is 6.35. The average Bonchev–Trinajstić information content (AvgIpc) is 2.38. The molecule has 1 saturated heterocycles. The minimum Gasteiger partial charge on any atom is -0.367 e. The van der Waals surface area contributed by atoms with Gasteiger partial charge in [0, 0.05) is 39.2 Å². The molecule has 1 heterocycles. The van der Waals surface area contributed by atoms with Gasteiger partial charge in [0.15, 0.2) is 0 Å². The highest BCUT2D eigenvalue weighted by atomic mass is 35.5. The number of piperazine rings is 1. The molecule has 1 aliphatic heterocycles. The molecule has 2 rings (SSSR count). The number of nitrogens with zero attached hydrogens (tertiary/aromatic N) is 3. The van der Waals surface area contributed by atoms with Crippen LogP contribution in [0.2, 0.25) is 5.02 Å². The van der Waals surface area contributed by atoms with Gasteiger partial charge in [-0.2, -0.15) is 0 Å². The fraction of sp³-hybridized carbons (Fsp3) is 0.417. The third kappa shape index (κ3) is 2.78. The molecule has 1 aromatic carbocycles. The van der Waals surface area contributed by atoms with Gasteiger partial charge in [-0.25, -0.2) is 0 Å². The molecule has 7 heteroatoms. The Labute approximate surface area is 115 Å². The maximum atomic E-state index is 11.2. The largest absolute Gasteiger partial charge is 0.367 e. The third-order valence-electron chi connectivity index (χ3n) is 3.22. The fourth-order valence-electron chi connectivity index (χ4n) is 2.16. The lowest BCUT2D eigenvalue weighted by Crippen LogP contribution is -2.48. The maximum absolute atomic E-state index is 11.2. The van der Waals surface area contributed by atoms with Crippen LogP contribution < -0.4 is 4.90 Å². The zero-order valence-electron chi connectivity index (χ0n) is 10.5. The van der Waals surface area contributed by atoms with E-state index in [0.717, 1.165) is 0 Å². The predicted molar refractivity (Wildman–Crippen MR) is 72.6 cm³/mol. The number of halogens is 1. The summed E-state index contributed by atoms with van der Waals surface area (Å²) in [5, 5.41) is 11.0. The summed E-state index contributed by atoms with van der Waals surface area (Å²) in [6, 6.07) is 4.77. The summed E-state index contributed by atoms with van der Waals surface area (Å²) in [4.78, 5) is 25.3. The number of hydrogen-bond acceptors (Lipinski definition) is 4. The van der Waals surface area contributed by atoms with Crippen LogP contribution in [0.25, 0.3) is 0 Å². The van der Waals surface area contributed by atoms with E-state index in [1.165, 1.54) is 13.0 Å². The number of rotatable bonds is 2. The number of nitro groups is 1. The molecule has 1 fully saturated rings. The van der Waals surface area contributed by atoms with E-state index in [0.29, 0.717) is 31.9 Å². The SMILES string of the molecule is CC(=O)N1CCN(c2cccc([N+](=O)[O-])c2Cl)CC1. The molecule has 102 valence electrons. The first-order valence-electron chi connectivity index (χ1n) is 5.94. The van der Waals surface area contributed by atoms with Crippen molar-refractivity contribution in [1.82, 2.24) is 4.90 Å². The second kappa shape index (κ2) is 5.44. The molecule has 0 N–H and O–H groups in total. The Balaban J connectivity index is 2.18. The van der Waals surface area contributed by atoms with Crippen molar-refractivity contribution in [2.45, 2.75) is 6.92 Å². The number of carbonyl (C=O) groups is 1. The van der Waals surface area contributed by atoms with Crippen molar-refractivity contribution < 1.29 is 9.72 Å². The Morgan fingerprint density at radius 3 is 2.47 bits per heavy atom. The normalized spacial score (nSPS) is 15.5. The van der Waals surface area contributed by atoms with E-state index in [1.54, 1.807) is 17.0 Å². The van der Waals surface area contributed by atoms with Crippen molar-refractivity contribution in [3.05, 3.63) is 33.3 Å². The van der Waals surface area contributed by atoms with Gasteiger partial charge >= 0.3 is 0 Å². The number of hydrogen-bond donors (Lipinski definition) is 0. The number of nitro benzene ring substituents is 1. The molecule has 1 amide bonds. The molecule has 0 saturated carbocycles. The highest BCUT2D eigenvalue weighted by Gasteiger charge is 2.23. The van der Waals surface area contributed by atoms with Crippen molar-refractivity contribution in [3.8, 4) is 0 Å². The zero-order valence-corrected chi connectivity index (χ0v) is 11.3. The van der Waals surface area contributed by atoms with Gasteiger partial charge in [0.05, 0.1) is 10.6 Å². The molecule has 0 spiro atoms. The summed E-state index contributed by atoms with van der Waals surface area (Å²) in [5.41, 5.74) is 0.562. The smallest absolute Gasteiger partial charge is 0.290 e. The lowest BCUT2D eigenvalue weighted by molar-refractivity contribution is -0.384. The molecule has 19 heavy (non-hydrogen) atoms. The molecule has 1 aliphatic rings. The zero-order chi connectivity index (χ0) is 14.0. The topological polar surface area (TPSA) is 66.7 Å². The molecular formula is C12H14ClN3O3. The van der Waals surface area contributed by atoms with Gasteiger partial charge in [-0.3, -0.25) is 14.9 Å². The van der Waals surface area contributed by atoms with Gasteiger partial charge in [-0.15, -0.1) is 0 Å². The van der Waals surface area contributed by atoms with E-state index in [2.05, 4.69) is 0 Å². The Kier molecular flexibility index (Phi) is 3.90. The van der Waals surface area contributed by atoms with Crippen LogP contribution >= 0.6 is 11.6 Å². The van der Waals surface area contributed by atoms with Gasteiger partial charge in [-0.05, 0) is 6.07 Å². The van der Waals surface area contributed by atoms with Crippen molar-refractivity contribution in [2.24, 2.45) is 0 Å². The standard InChI is InChI=1S/C12H14ClN3O3/c1-9(17)14-5-7-15(8-6-14)10-3-2-4-11(12(10)13)16(18)19/h2-4H,5-8H2,1H3. The van der Waals surface area contributed by atoms with E-state index in [-0.39, 0.29) is 16.6 Å². The summed E-state index contributed by atoms with van der Waals surface area (Å²) in [5.74, 6) is 0.0461. The lowest BCUT2D eigenvalue weighted by atomic mass is 10.2. The van der Waals surface area contributed by atoms with Crippen LogP contribution in [0.1, 0.15) is 6.92 Å². The van der Waals surface area contributed by atoms with Crippen molar-refractivity contribution in [1.29, 1.82) is 0 Å². The monoisotopic (exact) mass is 283 g/mol. The minimum atomic E-state index is -0.488. The molecule has 6 nitrogen and oxygen atoms in total. The summed E-state index contributed by atoms with van der Waals surface area (Å²) in [6.07, 6.45) is 0. The molecular weight excluding hydrogens is 270 g/mol. The molecule has 0 bridgehead atoms. The first kappa shape index (κ1) is 13.6. The predicted octanol–water partition coefficient (Wildman–Crippen LogP) is 1.92. The molecule has 1 aromatic rings. The van der Waals surface area contributed by atoms with E-state index in [1.807, 2.05) is 4.90 Å². The van der Waals surface area contributed by atoms with E-state index in [4.69, 9.17) is 11.6 Å². The van der Waals surface area contributed by atoms with Crippen LogP contribution in [0, 0.1) is 10.1 Å². The fourth-order valence-corrected chi connectivity index (χ4v) is 2.47. The molecule has 0 aliphatic carbocycles. The van der Waals surface area contributed by atoms with E-state index < -0.39 is 4.92 Å². The van der Waals surface area contributed by atoms with E-state index in [9.17, 15) is 14.9 Å².